The van der Waals surface area contributed by atoms with E-state index >= 15 is 0 Å². The maximum Gasteiger partial charge on any atom is 0.333 e. The Labute approximate surface area is 207 Å². The van der Waals surface area contributed by atoms with Crippen molar-refractivity contribution in [2.75, 3.05) is 13.2 Å². The van der Waals surface area contributed by atoms with Crippen LogP contribution in [-0.4, -0.2) is 37.4 Å². The Kier molecular flexibility index (Phi) is 11.4. The largest absolute Gasteiger partial charge is 0.462 e. The fraction of sp³-hybridized carbons (Fsp3) is 0.862. The van der Waals surface area contributed by atoms with Gasteiger partial charge in [-0.3, -0.25) is 4.79 Å². The van der Waals surface area contributed by atoms with Gasteiger partial charge in [0.1, 0.15) is 12.7 Å². The lowest BCUT2D eigenvalue weighted by Gasteiger charge is -2.38. The molecule has 3 fully saturated rings. The molecule has 0 unspecified atom stereocenters. The van der Waals surface area contributed by atoms with E-state index in [4.69, 9.17) is 14.2 Å². The van der Waals surface area contributed by atoms with Crippen molar-refractivity contribution in [3.63, 3.8) is 0 Å². The molecule has 3 aliphatic rings. The molecule has 0 heterocycles. The van der Waals surface area contributed by atoms with Crippen LogP contribution in [0.1, 0.15) is 110 Å². The van der Waals surface area contributed by atoms with E-state index in [1.165, 1.54) is 57.8 Å². The van der Waals surface area contributed by atoms with Gasteiger partial charge in [0, 0.05) is 5.57 Å². The van der Waals surface area contributed by atoms with Crippen molar-refractivity contribution >= 4 is 11.9 Å². The monoisotopic (exact) mass is 476 g/mol. The number of carbonyl (C=O) groups is 2. The Hall–Kier alpha value is -1.36. The second-order valence-corrected chi connectivity index (χ2v) is 11.2. The zero-order chi connectivity index (χ0) is 24.3. The fourth-order valence-corrected chi connectivity index (χ4v) is 6.32. The molecule has 0 saturated heterocycles. The Morgan fingerprint density at radius 2 is 1.38 bits per heavy atom. The van der Waals surface area contributed by atoms with Crippen LogP contribution in [-0.2, 0) is 23.8 Å². The third kappa shape index (κ3) is 8.70. The molecule has 3 aliphatic carbocycles. The van der Waals surface area contributed by atoms with E-state index in [9.17, 15) is 9.59 Å². The predicted octanol–water partition coefficient (Wildman–Crippen LogP) is 6.78. The molecule has 0 N–H and O–H groups in total. The van der Waals surface area contributed by atoms with Gasteiger partial charge < -0.3 is 14.2 Å². The first-order chi connectivity index (χ1) is 16.5. The first-order valence-electron chi connectivity index (χ1n) is 14.1. The van der Waals surface area contributed by atoms with E-state index in [1.54, 1.807) is 6.92 Å². The second-order valence-electron chi connectivity index (χ2n) is 11.2. The van der Waals surface area contributed by atoms with Crippen molar-refractivity contribution in [3.8, 4) is 0 Å². The molecule has 0 aromatic rings. The van der Waals surface area contributed by atoms with Gasteiger partial charge in [-0.1, -0.05) is 45.6 Å². The number of rotatable bonds is 11. The van der Waals surface area contributed by atoms with Crippen molar-refractivity contribution in [1.82, 2.24) is 0 Å². The van der Waals surface area contributed by atoms with Gasteiger partial charge in [0.15, 0.2) is 0 Å². The summed E-state index contributed by atoms with van der Waals surface area (Å²) in [5.41, 5.74) is 0.400. The molecule has 3 saturated carbocycles. The first-order valence-corrected chi connectivity index (χ1v) is 14.1. The van der Waals surface area contributed by atoms with Gasteiger partial charge in [-0.15, -0.1) is 0 Å². The van der Waals surface area contributed by atoms with Gasteiger partial charge in [0.2, 0.25) is 0 Å². The molecule has 34 heavy (non-hydrogen) atoms. The highest BCUT2D eigenvalue weighted by molar-refractivity contribution is 5.86. The molecule has 5 heteroatoms. The lowest BCUT2D eigenvalue weighted by molar-refractivity contribution is -0.158. The Balaban J connectivity index is 1.26. The summed E-state index contributed by atoms with van der Waals surface area (Å²) in [6.45, 7) is 8.14. The summed E-state index contributed by atoms with van der Waals surface area (Å²) >= 11 is 0. The molecule has 0 aromatic carbocycles. The number of unbranched alkanes of at least 4 members (excludes halogenated alkanes) is 1. The fourth-order valence-electron chi connectivity index (χ4n) is 6.32. The van der Waals surface area contributed by atoms with Crippen molar-refractivity contribution in [2.45, 2.75) is 122 Å². The number of hydrogen-bond acceptors (Lipinski definition) is 5. The van der Waals surface area contributed by atoms with E-state index < -0.39 is 0 Å². The average molecular weight is 477 g/mol. The van der Waals surface area contributed by atoms with Crippen molar-refractivity contribution in [1.29, 1.82) is 0 Å². The van der Waals surface area contributed by atoms with Gasteiger partial charge in [0.25, 0.3) is 0 Å². The molecular formula is C29H48O5. The van der Waals surface area contributed by atoms with Crippen LogP contribution in [0.3, 0.4) is 0 Å². The van der Waals surface area contributed by atoms with E-state index in [0.29, 0.717) is 12.2 Å². The van der Waals surface area contributed by atoms with Crippen LogP contribution in [0.5, 0.6) is 0 Å². The highest BCUT2D eigenvalue weighted by atomic mass is 16.6. The summed E-state index contributed by atoms with van der Waals surface area (Å²) in [5, 5.41) is 0. The molecule has 3 rings (SSSR count). The maximum atomic E-state index is 12.7. The van der Waals surface area contributed by atoms with Crippen LogP contribution in [0.15, 0.2) is 12.2 Å². The number of carbonyl (C=O) groups excluding carboxylic acids is 2. The molecule has 0 spiro atoms. The summed E-state index contributed by atoms with van der Waals surface area (Å²) in [7, 11) is 0. The molecule has 0 bridgehead atoms. The van der Waals surface area contributed by atoms with Gasteiger partial charge in [-0.25, -0.2) is 4.79 Å². The quantitative estimate of drug-likeness (QED) is 0.187. The van der Waals surface area contributed by atoms with Crippen LogP contribution >= 0.6 is 0 Å². The van der Waals surface area contributed by atoms with Crippen molar-refractivity contribution in [2.24, 2.45) is 23.7 Å². The number of hydrogen-bond donors (Lipinski definition) is 0. The van der Waals surface area contributed by atoms with Crippen LogP contribution < -0.4 is 0 Å². The minimum absolute atomic E-state index is 0.00807. The van der Waals surface area contributed by atoms with Crippen molar-refractivity contribution in [3.05, 3.63) is 12.2 Å². The van der Waals surface area contributed by atoms with Gasteiger partial charge in [0.05, 0.1) is 18.6 Å². The minimum Gasteiger partial charge on any atom is -0.462 e. The SMILES string of the molecule is C=C(C)C(=O)OCCOC1CCC(C(=O)OC2CCC(C3CCC(CCCC)CC3)CC2)CC1. The van der Waals surface area contributed by atoms with E-state index in [-0.39, 0.29) is 36.7 Å². The van der Waals surface area contributed by atoms with Gasteiger partial charge >= 0.3 is 11.9 Å². The Morgan fingerprint density at radius 3 is 1.97 bits per heavy atom. The average Bonchev–Trinajstić information content (AvgIpc) is 2.86. The number of esters is 2. The normalized spacial score (nSPS) is 32.1. The zero-order valence-electron chi connectivity index (χ0n) is 21.7. The molecule has 0 radical (unpaired) electrons. The third-order valence-electron chi connectivity index (χ3n) is 8.55. The third-order valence-corrected chi connectivity index (χ3v) is 8.55. The maximum absolute atomic E-state index is 12.7. The second kappa shape index (κ2) is 14.3. The molecule has 0 atom stereocenters. The summed E-state index contributed by atoms with van der Waals surface area (Å²) in [6, 6.07) is 0. The Morgan fingerprint density at radius 1 is 0.794 bits per heavy atom. The summed E-state index contributed by atoms with van der Waals surface area (Å²) in [5.74, 6) is 2.39. The molecule has 0 aromatic heterocycles. The molecule has 194 valence electrons. The molecular weight excluding hydrogens is 428 g/mol. The molecule has 0 amide bonds. The summed E-state index contributed by atoms with van der Waals surface area (Å²) in [4.78, 5) is 24.1. The molecule has 5 nitrogen and oxygen atoms in total. The zero-order valence-corrected chi connectivity index (χ0v) is 21.7. The van der Waals surface area contributed by atoms with Gasteiger partial charge in [-0.05, 0) is 88.9 Å². The Bertz CT molecular complexity index is 635. The lowest BCUT2D eigenvalue weighted by Crippen LogP contribution is -2.33. The highest BCUT2D eigenvalue weighted by Crippen LogP contribution is 2.41. The first kappa shape index (κ1) is 27.2. The predicted molar refractivity (Wildman–Crippen MR) is 134 cm³/mol. The molecule has 0 aliphatic heterocycles. The van der Waals surface area contributed by atoms with Crippen LogP contribution in [0.25, 0.3) is 0 Å². The van der Waals surface area contributed by atoms with E-state index in [2.05, 4.69) is 13.5 Å². The smallest absolute Gasteiger partial charge is 0.333 e. The van der Waals surface area contributed by atoms with Crippen LogP contribution in [0, 0.1) is 23.7 Å². The van der Waals surface area contributed by atoms with E-state index in [1.807, 2.05) is 0 Å². The van der Waals surface area contributed by atoms with E-state index in [0.717, 1.165) is 56.3 Å². The summed E-state index contributed by atoms with van der Waals surface area (Å²) < 4.78 is 16.9. The van der Waals surface area contributed by atoms with Crippen LogP contribution in [0.2, 0.25) is 0 Å². The summed E-state index contributed by atoms with van der Waals surface area (Å²) in [6.07, 6.45) is 18.1. The lowest BCUT2D eigenvalue weighted by atomic mass is 9.70. The standard InChI is InChI=1S/C29H48O5/c1-4-5-6-22-7-9-23(10-8-22)24-11-17-27(18-12-24)34-29(31)25-13-15-26(16-14-25)32-19-20-33-28(30)21(2)3/h22-27H,2,4-20H2,1,3H3. The van der Waals surface area contributed by atoms with Crippen LogP contribution in [0.4, 0.5) is 0 Å². The minimum atomic E-state index is -0.376. The number of ether oxygens (including phenoxy) is 3. The topological polar surface area (TPSA) is 61.8 Å². The van der Waals surface area contributed by atoms with Crippen molar-refractivity contribution < 1.29 is 23.8 Å². The van der Waals surface area contributed by atoms with Gasteiger partial charge in [-0.2, -0.15) is 0 Å². The highest BCUT2D eigenvalue weighted by Gasteiger charge is 2.34.